The van der Waals surface area contributed by atoms with Gasteiger partial charge in [0.25, 0.3) is 0 Å². The molecule has 2 nitrogen and oxygen atoms in total. The lowest BCUT2D eigenvalue weighted by atomic mass is 9.93. The zero-order valence-corrected chi connectivity index (χ0v) is 19.9. The first-order chi connectivity index (χ1) is 16.3. The van der Waals surface area contributed by atoms with Crippen molar-refractivity contribution in [3.05, 3.63) is 119 Å². The number of benzene rings is 4. The van der Waals surface area contributed by atoms with E-state index < -0.39 is 0 Å². The number of nitriles is 2. The minimum absolute atomic E-state index is 0.334. The monoisotopic (exact) mass is 440 g/mol. The molecule has 4 aromatic carbocycles. The second-order valence-corrected chi connectivity index (χ2v) is 7.61. The molecule has 0 spiro atoms. The van der Waals surface area contributed by atoms with Gasteiger partial charge in [0, 0.05) is 5.56 Å². The zero-order valence-electron chi connectivity index (χ0n) is 19.9. The van der Waals surface area contributed by atoms with E-state index in [0.717, 1.165) is 21.6 Å². The summed E-state index contributed by atoms with van der Waals surface area (Å²) in [4.78, 5) is 0. The standard InChI is InChI=1S/C19H16.C11H8N2.C2H4/c1-5-15-10-11-18-13(3)16-8-6-7-9-17(16)14(4)19(18)12(15)2;1-8-4-3-5-10(9(2)6-12)11(8)7-13;1-2/h5-11H,1,3-4H2,2H3;3-5H,2H2,1H3;1-2H2. The summed E-state index contributed by atoms with van der Waals surface area (Å²) in [5.74, 6) is 0. The molecule has 34 heavy (non-hydrogen) atoms. The highest BCUT2D eigenvalue weighted by atomic mass is 14.3. The predicted molar refractivity (Wildman–Crippen MR) is 148 cm³/mol. The number of fused-ring (bicyclic) bond motifs is 2. The van der Waals surface area contributed by atoms with Crippen LogP contribution in [0.2, 0.25) is 0 Å². The molecule has 0 aliphatic carbocycles. The van der Waals surface area contributed by atoms with Crippen molar-refractivity contribution in [1.82, 2.24) is 0 Å². The Kier molecular flexibility index (Phi) is 8.49. The second-order valence-electron chi connectivity index (χ2n) is 7.61. The fraction of sp³-hybridized carbons (Fsp3) is 0.0625. The first kappa shape index (κ1) is 25.6. The first-order valence-electron chi connectivity index (χ1n) is 10.7. The third kappa shape index (κ3) is 4.73. The Balaban J connectivity index is 0.000000239. The third-order valence-corrected chi connectivity index (χ3v) is 5.78. The molecule has 4 rings (SSSR count). The maximum atomic E-state index is 8.84. The van der Waals surface area contributed by atoms with Crippen LogP contribution in [-0.2, 0) is 0 Å². The summed E-state index contributed by atoms with van der Waals surface area (Å²) < 4.78 is 0. The molecule has 0 saturated heterocycles. The Morgan fingerprint density at radius 1 is 0.824 bits per heavy atom. The highest BCUT2D eigenvalue weighted by Crippen LogP contribution is 2.21. The van der Waals surface area contributed by atoms with E-state index in [1.54, 1.807) is 6.07 Å². The molecule has 0 aliphatic rings. The van der Waals surface area contributed by atoms with Gasteiger partial charge in [0.2, 0.25) is 0 Å². The molecular weight excluding hydrogens is 412 g/mol. The molecule has 166 valence electrons. The molecule has 0 saturated carbocycles. The molecule has 0 radical (unpaired) electrons. The van der Waals surface area contributed by atoms with Gasteiger partial charge in [0.15, 0.2) is 0 Å². The van der Waals surface area contributed by atoms with E-state index in [1.165, 1.54) is 27.1 Å². The number of nitrogens with zero attached hydrogens (tertiary/aromatic N) is 2. The molecule has 0 aromatic heterocycles. The van der Waals surface area contributed by atoms with Crippen molar-refractivity contribution >= 4 is 46.4 Å². The van der Waals surface area contributed by atoms with E-state index in [2.05, 4.69) is 82.8 Å². The maximum Gasteiger partial charge on any atom is 0.100 e. The van der Waals surface area contributed by atoms with Gasteiger partial charge in [-0.15, -0.1) is 13.2 Å². The molecule has 0 amide bonds. The van der Waals surface area contributed by atoms with Crippen LogP contribution in [-0.4, -0.2) is 0 Å². The van der Waals surface area contributed by atoms with Crippen LogP contribution in [0.5, 0.6) is 0 Å². The summed E-state index contributed by atoms with van der Waals surface area (Å²) in [6.45, 7) is 26.0. The van der Waals surface area contributed by atoms with Gasteiger partial charge in [0.05, 0.1) is 17.2 Å². The topological polar surface area (TPSA) is 47.6 Å². The molecule has 0 bridgehead atoms. The van der Waals surface area contributed by atoms with Crippen molar-refractivity contribution < 1.29 is 0 Å². The number of rotatable bonds is 2. The van der Waals surface area contributed by atoms with Crippen LogP contribution < -0.4 is 10.4 Å². The van der Waals surface area contributed by atoms with E-state index in [1.807, 2.05) is 37.3 Å². The maximum absolute atomic E-state index is 8.84. The van der Waals surface area contributed by atoms with Crippen molar-refractivity contribution in [1.29, 1.82) is 10.5 Å². The van der Waals surface area contributed by atoms with Crippen LogP contribution >= 0.6 is 0 Å². The van der Waals surface area contributed by atoms with Gasteiger partial charge in [0.1, 0.15) is 6.07 Å². The van der Waals surface area contributed by atoms with Gasteiger partial charge in [-0.1, -0.05) is 87.0 Å². The molecule has 0 N–H and O–H groups in total. The molecule has 0 heterocycles. The smallest absolute Gasteiger partial charge is 0.100 e. The average Bonchev–Trinajstić information content (AvgIpc) is 2.88. The molecule has 0 unspecified atom stereocenters. The van der Waals surface area contributed by atoms with E-state index in [0.29, 0.717) is 16.7 Å². The van der Waals surface area contributed by atoms with Crippen molar-refractivity contribution in [3.8, 4) is 12.1 Å². The lowest BCUT2D eigenvalue weighted by Gasteiger charge is -2.10. The van der Waals surface area contributed by atoms with E-state index >= 15 is 0 Å². The highest BCUT2D eigenvalue weighted by molar-refractivity contribution is 6.01. The van der Waals surface area contributed by atoms with Gasteiger partial charge in [-0.05, 0) is 62.5 Å². The zero-order chi connectivity index (χ0) is 25.4. The Morgan fingerprint density at radius 3 is 2.00 bits per heavy atom. The molecule has 0 atom stereocenters. The fourth-order valence-corrected chi connectivity index (χ4v) is 4.01. The van der Waals surface area contributed by atoms with Crippen molar-refractivity contribution in [3.63, 3.8) is 0 Å². The number of aryl methyl sites for hydroxylation is 2. The quantitative estimate of drug-likeness (QED) is 0.192. The van der Waals surface area contributed by atoms with Crippen molar-refractivity contribution in [2.45, 2.75) is 13.8 Å². The van der Waals surface area contributed by atoms with E-state index in [9.17, 15) is 0 Å². The van der Waals surface area contributed by atoms with Gasteiger partial charge in [-0.2, -0.15) is 10.5 Å². The third-order valence-electron chi connectivity index (χ3n) is 5.78. The number of hydrogen-bond acceptors (Lipinski definition) is 2. The Bertz CT molecular complexity index is 1590. The van der Waals surface area contributed by atoms with Crippen molar-refractivity contribution in [2.24, 2.45) is 0 Å². The van der Waals surface area contributed by atoms with Crippen LogP contribution in [0, 0.1) is 36.5 Å². The first-order valence-corrected chi connectivity index (χ1v) is 10.7. The minimum atomic E-state index is 0.334. The fourth-order valence-electron chi connectivity index (χ4n) is 4.01. The SMILES string of the molecule is C=C.C=C(C#N)c1cccc(C)c1C#N.C=Cc1ccc2c(=C)c3ccccc3c(=C)c2c1C. The van der Waals surface area contributed by atoms with Crippen molar-refractivity contribution in [2.75, 3.05) is 0 Å². The average molecular weight is 441 g/mol. The molecule has 0 aliphatic heterocycles. The summed E-state index contributed by atoms with van der Waals surface area (Å²) >= 11 is 0. The highest BCUT2D eigenvalue weighted by Gasteiger charge is 2.08. The van der Waals surface area contributed by atoms with Gasteiger partial charge in [-0.3, -0.25) is 0 Å². The number of allylic oxidation sites excluding steroid dienone is 1. The normalized spacial score (nSPS) is 9.53. The van der Waals surface area contributed by atoms with Gasteiger partial charge < -0.3 is 0 Å². The summed E-state index contributed by atoms with van der Waals surface area (Å²) in [6.07, 6.45) is 1.90. The minimum Gasteiger partial charge on any atom is -0.192 e. The van der Waals surface area contributed by atoms with Gasteiger partial charge in [-0.25, -0.2) is 0 Å². The van der Waals surface area contributed by atoms with Crippen LogP contribution in [0.3, 0.4) is 0 Å². The van der Waals surface area contributed by atoms with Crippen LogP contribution in [0.4, 0.5) is 0 Å². The Hall–Kier alpha value is -4.66. The van der Waals surface area contributed by atoms with E-state index in [4.69, 9.17) is 10.5 Å². The summed E-state index contributed by atoms with van der Waals surface area (Å²) in [6, 6.07) is 22.0. The Labute approximate surface area is 202 Å². The molecule has 4 aromatic rings. The number of hydrogen-bond donors (Lipinski definition) is 0. The lowest BCUT2D eigenvalue weighted by Crippen LogP contribution is -2.13. The predicted octanol–water partition coefficient (Wildman–Crippen LogP) is 6.97. The van der Waals surface area contributed by atoms with Crippen LogP contribution in [0.15, 0.2) is 80.9 Å². The molecule has 0 fully saturated rings. The van der Waals surface area contributed by atoms with Crippen LogP contribution in [0.1, 0.15) is 27.8 Å². The van der Waals surface area contributed by atoms with Crippen LogP contribution in [0.25, 0.3) is 46.4 Å². The largest absolute Gasteiger partial charge is 0.192 e. The summed E-state index contributed by atoms with van der Waals surface area (Å²) in [7, 11) is 0. The molecule has 2 heteroatoms. The second kappa shape index (κ2) is 11.3. The summed E-state index contributed by atoms with van der Waals surface area (Å²) in [5.41, 5.74) is 4.76. The van der Waals surface area contributed by atoms with Gasteiger partial charge >= 0.3 is 0 Å². The van der Waals surface area contributed by atoms with E-state index in [-0.39, 0.29) is 0 Å². The lowest BCUT2D eigenvalue weighted by molar-refractivity contribution is 1.37. The molecular formula is C32H28N2. The summed E-state index contributed by atoms with van der Waals surface area (Å²) in [5, 5.41) is 24.4. The Morgan fingerprint density at radius 2 is 1.44 bits per heavy atom.